The van der Waals surface area contributed by atoms with Crippen LogP contribution >= 0.6 is 0 Å². The molecule has 1 aliphatic rings. The monoisotopic (exact) mass is 553 g/mol. The van der Waals surface area contributed by atoms with Crippen LogP contribution in [0.5, 0.6) is 0 Å². The topological polar surface area (TPSA) is 137 Å². The third-order valence-corrected chi connectivity index (χ3v) is 7.92. The number of hydrogen-bond acceptors (Lipinski definition) is 6. The van der Waals surface area contributed by atoms with Gasteiger partial charge in [-0.2, -0.15) is 0 Å². The van der Waals surface area contributed by atoms with E-state index in [1.165, 1.54) is 14.2 Å². The molecule has 4 N–H and O–H groups in total. The first-order valence-electron chi connectivity index (χ1n) is 13.6. The number of esters is 2. The van der Waals surface area contributed by atoms with E-state index in [0.29, 0.717) is 23.7 Å². The first-order chi connectivity index (χ1) is 19.6. The van der Waals surface area contributed by atoms with Crippen molar-refractivity contribution >= 4 is 56.2 Å². The van der Waals surface area contributed by atoms with Gasteiger partial charge in [-0.15, -0.1) is 0 Å². The molecule has 0 aromatic carbocycles. The Morgan fingerprint density at radius 3 is 2.15 bits per heavy atom. The maximum absolute atomic E-state index is 12.1. The molecule has 0 aliphatic carbocycles. The fourth-order valence-electron chi connectivity index (χ4n) is 5.47. The lowest BCUT2D eigenvalue weighted by atomic mass is 10.0. The summed E-state index contributed by atoms with van der Waals surface area (Å²) in [7, 11) is 2.78. The average Bonchev–Trinajstić information content (AvgIpc) is 3.66. The van der Waals surface area contributed by atoms with Crippen molar-refractivity contribution in [1.82, 2.24) is 19.9 Å². The van der Waals surface area contributed by atoms with E-state index in [0.717, 1.165) is 72.4 Å². The molecular formula is C32H35N5O4. The molecule has 41 heavy (non-hydrogen) atoms. The third-order valence-electron chi connectivity index (χ3n) is 7.92. The number of carbonyl (C=O) groups excluding carboxylic acids is 2. The smallest absolute Gasteiger partial charge is 0.305 e. The Balaban J connectivity index is 1.87. The molecule has 8 bridgehead atoms. The average molecular weight is 554 g/mol. The number of rotatable bonds is 6. The number of aromatic amines is 3. The molecule has 0 spiro atoms. The van der Waals surface area contributed by atoms with E-state index >= 15 is 0 Å². The summed E-state index contributed by atoms with van der Waals surface area (Å²) in [5.74, 6) is -0.558. The van der Waals surface area contributed by atoms with Crippen LogP contribution < -0.4 is 5.36 Å². The maximum atomic E-state index is 12.1. The summed E-state index contributed by atoms with van der Waals surface area (Å²) in [5.41, 5.74) is 12.4. The van der Waals surface area contributed by atoms with E-state index in [9.17, 15) is 9.59 Å². The van der Waals surface area contributed by atoms with E-state index < -0.39 is 0 Å². The van der Waals surface area contributed by atoms with E-state index in [2.05, 4.69) is 15.0 Å². The fraction of sp³-hybridized carbons (Fsp3) is 0.312. The second kappa shape index (κ2) is 11.1. The number of aromatic nitrogens is 4. The summed E-state index contributed by atoms with van der Waals surface area (Å²) in [6, 6.07) is 10.0. The van der Waals surface area contributed by atoms with Crippen molar-refractivity contribution in [3.63, 3.8) is 0 Å². The lowest BCUT2D eigenvalue weighted by Crippen LogP contribution is -2.02. The van der Waals surface area contributed by atoms with Gasteiger partial charge in [0.2, 0.25) is 0 Å². The molecule has 9 nitrogen and oxygen atoms in total. The molecule has 0 unspecified atom stereocenters. The van der Waals surface area contributed by atoms with Crippen LogP contribution in [0.25, 0.3) is 44.2 Å². The maximum Gasteiger partial charge on any atom is 0.305 e. The number of methoxy groups -OCH3 is 2. The van der Waals surface area contributed by atoms with Crippen LogP contribution in [-0.2, 0) is 25.5 Å². The minimum atomic E-state index is -0.282. The molecule has 0 amide bonds. The Kier molecular flexibility index (Phi) is 7.53. The Bertz CT molecular complexity index is 1920. The molecule has 5 heterocycles. The molecular weight excluding hydrogens is 518 g/mol. The SMILES string of the molecule is COC(=O)CCC1=C(C)c2cc3cc(C)c([nH]3)c(=N)c3cc(C)c(cc4[nH]c(cc1n2)c(CCC(=O)OC)c4C)[nH]3. The van der Waals surface area contributed by atoms with Crippen molar-refractivity contribution in [2.45, 2.75) is 53.4 Å². The molecule has 5 rings (SSSR count). The van der Waals surface area contributed by atoms with Crippen molar-refractivity contribution in [2.24, 2.45) is 0 Å². The van der Waals surface area contributed by atoms with Crippen molar-refractivity contribution in [3.8, 4) is 0 Å². The van der Waals surface area contributed by atoms with Gasteiger partial charge in [0.15, 0.2) is 0 Å². The molecule has 0 saturated carbocycles. The summed E-state index contributed by atoms with van der Waals surface area (Å²) in [6.07, 6.45) is 1.45. The summed E-state index contributed by atoms with van der Waals surface area (Å²) in [6.45, 7) is 8.05. The zero-order valence-electron chi connectivity index (χ0n) is 24.3. The second-order valence-electron chi connectivity index (χ2n) is 10.6. The number of allylic oxidation sites excluding steroid dienone is 2. The van der Waals surface area contributed by atoms with Crippen LogP contribution in [-0.4, -0.2) is 46.1 Å². The highest BCUT2D eigenvalue weighted by molar-refractivity contribution is 5.94. The zero-order chi connectivity index (χ0) is 29.4. The van der Waals surface area contributed by atoms with Gasteiger partial charge in [0.1, 0.15) is 5.36 Å². The first-order valence-corrected chi connectivity index (χ1v) is 13.6. The van der Waals surface area contributed by atoms with Crippen LogP contribution in [0.4, 0.5) is 0 Å². The molecule has 212 valence electrons. The van der Waals surface area contributed by atoms with E-state index in [-0.39, 0.29) is 24.8 Å². The molecule has 9 heteroatoms. The van der Waals surface area contributed by atoms with Crippen LogP contribution in [0.15, 0.2) is 30.3 Å². The predicted octanol–water partition coefficient (Wildman–Crippen LogP) is 5.92. The van der Waals surface area contributed by atoms with Crippen molar-refractivity contribution in [2.75, 3.05) is 14.2 Å². The lowest BCUT2D eigenvalue weighted by Gasteiger charge is -2.04. The molecule has 0 fully saturated rings. The molecule has 1 aliphatic heterocycles. The largest absolute Gasteiger partial charge is 0.469 e. The van der Waals surface area contributed by atoms with E-state index in [1.54, 1.807) is 0 Å². The second-order valence-corrected chi connectivity index (χ2v) is 10.6. The summed E-state index contributed by atoms with van der Waals surface area (Å²) < 4.78 is 9.82. The van der Waals surface area contributed by atoms with Crippen LogP contribution in [0.3, 0.4) is 0 Å². The lowest BCUT2D eigenvalue weighted by molar-refractivity contribution is -0.141. The number of nitrogens with zero attached hydrogens (tertiary/aromatic N) is 1. The van der Waals surface area contributed by atoms with Gasteiger partial charge in [0.25, 0.3) is 0 Å². The fourth-order valence-corrected chi connectivity index (χ4v) is 5.47. The summed E-state index contributed by atoms with van der Waals surface area (Å²) in [4.78, 5) is 39.5. The summed E-state index contributed by atoms with van der Waals surface area (Å²) in [5, 5.41) is 9.33. The molecule has 0 atom stereocenters. The zero-order valence-corrected chi connectivity index (χ0v) is 24.3. The van der Waals surface area contributed by atoms with Crippen LogP contribution in [0.2, 0.25) is 0 Å². The number of aryl methyl sites for hydroxylation is 4. The highest BCUT2D eigenvalue weighted by Crippen LogP contribution is 2.34. The Hall–Kier alpha value is -4.66. The van der Waals surface area contributed by atoms with Gasteiger partial charge in [-0.25, -0.2) is 4.98 Å². The first kappa shape index (κ1) is 27.9. The van der Waals surface area contributed by atoms with Crippen molar-refractivity contribution in [3.05, 3.63) is 69.3 Å². The number of ether oxygens (including phenoxy) is 2. The van der Waals surface area contributed by atoms with Gasteiger partial charge >= 0.3 is 11.9 Å². The normalized spacial score (nSPS) is 12.2. The third kappa shape index (κ3) is 5.39. The Morgan fingerprint density at radius 1 is 0.756 bits per heavy atom. The van der Waals surface area contributed by atoms with E-state index in [4.69, 9.17) is 19.9 Å². The number of hydrogen-bond donors (Lipinski definition) is 4. The van der Waals surface area contributed by atoms with Crippen molar-refractivity contribution in [1.29, 1.82) is 5.41 Å². The van der Waals surface area contributed by atoms with Gasteiger partial charge in [-0.1, -0.05) is 0 Å². The minimum absolute atomic E-state index is 0.235. The highest BCUT2D eigenvalue weighted by Gasteiger charge is 2.19. The molecule has 0 radical (unpaired) electrons. The predicted molar refractivity (Wildman–Crippen MR) is 160 cm³/mol. The van der Waals surface area contributed by atoms with Crippen molar-refractivity contribution < 1.29 is 19.1 Å². The molecule has 4 aromatic rings. The van der Waals surface area contributed by atoms with Crippen LogP contribution in [0, 0.1) is 26.2 Å². The Labute approximate surface area is 237 Å². The molecule has 0 saturated heterocycles. The standard InChI is InChI=1S/C32H35N5O4/c1-16-12-28-31(33)32-17(2)11-20(34-32)13-24-18(3)21(7-9-29(38)40-5)26(36-24)15-27-22(8-10-30(39)41-6)19(4)25(37-27)14-23(16)35-28/h11-15,33-35,37H,7-10H2,1-6H3. The number of carbonyl (C=O) groups is 2. The van der Waals surface area contributed by atoms with E-state index in [1.807, 2.05) is 58.0 Å². The number of H-pyrrole nitrogens is 3. The number of fused-ring (bicyclic) bond motifs is 8. The van der Waals surface area contributed by atoms with Gasteiger partial charge in [-0.3, -0.25) is 15.0 Å². The molecule has 4 aromatic heterocycles. The van der Waals surface area contributed by atoms with Crippen LogP contribution in [0.1, 0.15) is 59.8 Å². The quantitative estimate of drug-likeness (QED) is 0.220. The van der Waals surface area contributed by atoms with Gasteiger partial charge in [0, 0.05) is 34.9 Å². The van der Waals surface area contributed by atoms with Gasteiger partial charge in [0.05, 0.1) is 36.6 Å². The van der Waals surface area contributed by atoms with Gasteiger partial charge < -0.3 is 24.4 Å². The van der Waals surface area contributed by atoms with Gasteiger partial charge in [-0.05, 0) is 104 Å². The highest BCUT2D eigenvalue weighted by atomic mass is 16.5. The Morgan fingerprint density at radius 2 is 1.44 bits per heavy atom. The summed E-state index contributed by atoms with van der Waals surface area (Å²) >= 11 is 0. The number of nitrogens with one attached hydrogen (secondary N) is 4. The minimum Gasteiger partial charge on any atom is -0.469 e.